The van der Waals surface area contributed by atoms with Gasteiger partial charge in [-0.2, -0.15) is 11.3 Å². The molecule has 3 N–H and O–H groups in total. The third kappa shape index (κ3) is 4.95. The topological polar surface area (TPSA) is 87.4 Å². The van der Waals surface area contributed by atoms with E-state index >= 15 is 0 Å². The number of aryl methyl sites for hydroxylation is 2. The van der Waals surface area contributed by atoms with Crippen molar-refractivity contribution in [2.24, 2.45) is 10.9 Å². The summed E-state index contributed by atoms with van der Waals surface area (Å²) >= 11 is 1.59. The van der Waals surface area contributed by atoms with E-state index < -0.39 is 5.60 Å². The fourth-order valence-electron chi connectivity index (χ4n) is 3.09. The van der Waals surface area contributed by atoms with Crippen molar-refractivity contribution in [3.63, 3.8) is 0 Å². The standard InChI is InChI=1S/C17H26N6OS.HI/c1-12-21-22-15-5-4-13(9-23(12)15)8-19-16(18-3)20-11-17(2,24)14-6-7-25-10-14;/h6-7,10,13,24H,4-5,8-9,11H2,1-3H3,(H2,18,19,20);1H. The van der Waals surface area contributed by atoms with Crippen LogP contribution in [0.3, 0.4) is 0 Å². The first-order valence-corrected chi connectivity index (χ1v) is 9.52. The number of hydrogen-bond acceptors (Lipinski definition) is 5. The van der Waals surface area contributed by atoms with Crippen molar-refractivity contribution >= 4 is 41.3 Å². The predicted molar refractivity (Wildman–Crippen MR) is 115 cm³/mol. The molecule has 1 aliphatic heterocycles. The molecule has 2 aromatic heterocycles. The van der Waals surface area contributed by atoms with E-state index in [1.54, 1.807) is 18.4 Å². The third-order valence-corrected chi connectivity index (χ3v) is 5.44. The van der Waals surface area contributed by atoms with Gasteiger partial charge < -0.3 is 20.3 Å². The molecule has 0 spiro atoms. The molecule has 2 unspecified atom stereocenters. The Hall–Kier alpha value is -1.20. The van der Waals surface area contributed by atoms with E-state index in [-0.39, 0.29) is 24.0 Å². The molecule has 7 nitrogen and oxygen atoms in total. The molecule has 144 valence electrons. The highest BCUT2D eigenvalue weighted by Crippen LogP contribution is 2.22. The third-order valence-electron chi connectivity index (χ3n) is 4.75. The molecule has 3 heterocycles. The molecular formula is C17H27IN6OS. The molecule has 0 saturated heterocycles. The molecule has 2 aromatic rings. The van der Waals surface area contributed by atoms with Crippen molar-refractivity contribution in [1.82, 2.24) is 25.4 Å². The molecule has 1 aliphatic rings. The lowest BCUT2D eigenvalue weighted by molar-refractivity contribution is 0.0621. The van der Waals surface area contributed by atoms with Crippen LogP contribution in [0.5, 0.6) is 0 Å². The highest BCUT2D eigenvalue weighted by Gasteiger charge is 2.24. The maximum Gasteiger partial charge on any atom is 0.191 e. The molecule has 0 amide bonds. The summed E-state index contributed by atoms with van der Waals surface area (Å²) in [5, 5.41) is 29.5. The van der Waals surface area contributed by atoms with Crippen LogP contribution in [0, 0.1) is 12.8 Å². The van der Waals surface area contributed by atoms with Crippen LogP contribution in [0.1, 0.15) is 30.6 Å². The van der Waals surface area contributed by atoms with Crippen LogP contribution in [0.4, 0.5) is 0 Å². The molecule has 26 heavy (non-hydrogen) atoms. The minimum Gasteiger partial charge on any atom is -0.384 e. The number of halogens is 1. The number of nitrogens with one attached hydrogen (secondary N) is 2. The number of guanidine groups is 1. The van der Waals surface area contributed by atoms with E-state index in [0.717, 1.165) is 43.1 Å². The summed E-state index contributed by atoms with van der Waals surface area (Å²) in [5.74, 6) is 3.29. The Labute approximate surface area is 175 Å². The average molecular weight is 490 g/mol. The number of rotatable bonds is 5. The number of aliphatic imine (C=N–C) groups is 1. The Bertz CT molecular complexity index is 728. The Morgan fingerprint density at radius 3 is 2.96 bits per heavy atom. The van der Waals surface area contributed by atoms with E-state index in [2.05, 4.69) is 30.4 Å². The second-order valence-electron chi connectivity index (χ2n) is 6.77. The first-order chi connectivity index (χ1) is 12.0. The molecule has 3 rings (SSSR count). The Kier molecular flexibility index (Phi) is 7.42. The van der Waals surface area contributed by atoms with Gasteiger partial charge in [-0.15, -0.1) is 34.2 Å². The highest BCUT2D eigenvalue weighted by molar-refractivity contribution is 14.0. The summed E-state index contributed by atoms with van der Waals surface area (Å²) in [6.45, 7) is 5.98. The number of thiophene rings is 1. The van der Waals surface area contributed by atoms with Crippen molar-refractivity contribution in [3.8, 4) is 0 Å². The van der Waals surface area contributed by atoms with Crippen LogP contribution >= 0.6 is 35.3 Å². The second-order valence-corrected chi connectivity index (χ2v) is 7.55. The van der Waals surface area contributed by atoms with Crippen LogP contribution in [-0.2, 0) is 18.6 Å². The maximum atomic E-state index is 10.6. The van der Waals surface area contributed by atoms with Gasteiger partial charge in [0, 0.05) is 26.6 Å². The normalized spacial score (nSPS) is 19.2. The number of aromatic nitrogens is 3. The lowest BCUT2D eigenvalue weighted by Gasteiger charge is -2.27. The molecule has 0 radical (unpaired) electrons. The SMILES string of the molecule is CN=C(NCC1CCc2nnc(C)n2C1)NCC(C)(O)c1ccsc1.I. The van der Waals surface area contributed by atoms with Crippen LogP contribution < -0.4 is 10.6 Å². The average Bonchev–Trinajstić information content (AvgIpc) is 3.26. The predicted octanol–water partition coefficient (Wildman–Crippen LogP) is 1.90. The van der Waals surface area contributed by atoms with Crippen LogP contribution in [-0.4, -0.2) is 46.0 Å². The van der Waals surface area contributed by atoms with E-state index in [9.17, 15) is 5.11 Å². The fraction of sp³-hybridized carbons (Fsp3) is 0.588. The van der Waals surface area contributed by atoms with Gasteiger partial charge in [0.15, 0.2) is 5.96 Å². The molecule has 0 fully saturated rings. The van der Waals surface area contributed by atoms with Gasteiger partial charge in [0.2, 0.25) is 0 Å². The summed E-state index contributed by atoms with van der Waals surface area (Å²) in [6.07, 6.45) is 2.06. The Balaban J connectivity index is 0.00000243. The van der Waals surface area contributed by atoms with Gasteiger partial charge in [-0.05, 0) is 48.6 Å². The lowest BCUT2D eigenvalue weighted by Crippen LogP contribution is -2.46. The smallest absolute Gasteiger partial charge is 0.191 e. The van der Waals surface area contributed by atoms with Gasteiger partial charge in [0.25, 0.3) is 0 Å². The van der Waals surface area contributed by atoms with Gasteiger partial charge in [-0.3, -0.25) is 4.99 Å². The largest absolute Gasteiger partial charge is 0.384 e. The van der Waals surface area contributed by atoms with Gasteiger partial charge in [0.1, 0.15) is 17.2 Å². The van der Waals surface area contributed by atoms with Gasteiger partial charge in [-0.1, -0.05) is 0 Å². The van der Waals surface area contributed by atoms with Crippen molar-refractivity contribution in [3.05, 3.63) is 34.0 Å². The van der Waals surface area contributed by atoms with Crippen LogP contribution in [0.2, 0.25) is 0 Å². The Morgan fingerprint density at radius 2 is 2.27 bits per heavy atom. The first kappa shape index (κ1) is 21.1. The van der Waals surface area contributed by atoms with E-state index in [4.69, 9.17) is 0 Å². The van der Waals surface area contributed by atoms with E-state index in [0.29, 0.717) is 18.4 Å². The quantitative estimate of drug-likeness (QED) is 0.339. The monoisotopic (exact) mass is 490 g/mol. The summed E-state index contributed by atoms with van der Waals surface area (Å²) in [5.41, 5.74) is 0.0000736. The summed E-state index contributed by atoms with van der Waals surface area (Å²) in [7, 11) is 1.75. The van der Waals surface area contributed by atoms with Gasteiger partial charge >= 0.3 is 0 Å². The number of nitrogens with zero attached hydrogens (tertiary/aromatic N) is 4. The molecule has 0 bridgehead atoms. The lowest BCUT2D eigenvalue weighted by atomic mass is 9.99. The van der Waals surface area contributed by atoms with E-state index in [1.807, 2.05) is 30.7 Å². The maximum absolute atomic E-state index is 10.6. The summed E-state index contributed by atoms with van der Waals surface area (Å²) in [4.78, 5) is 4.26. The molecule has 0 aromatic carbocycles. The number of hydrogen-bond donors (Lipinski definition) is 3. The Morgan fingerprint density at radius 1 is 1.46 bits per heavy atom. The molecule has 0 aliphatic carbocycles. The fourth-order valence-corrected chi connectivity index (χ4v) is 3.87. The molecule has 2 atom stereocenters. The van der Waals surface area contributed by atoms with Gasteiger partial charge in [-0.25, -0.2) is 0 Å². The van der Waals surface area contributed by atoms with Crippen molar-refractivity contribution < 1.29 is 5.11 Å². The van der Waals surface area contributed by atoms with E-state index in [1.165, 1.54) is 0 Å². The minimum absolute atomic E-state index is 0. The zero-order valence-corrected chi connectivity index (χ0v) is 18.5. The van der Waals surface area contributed by atoms with Crippen molar-refractivity contribution in [2.75, 3.05) is 20.1 Å². The summed E-state index contributed by atoms with van der Waals surface area (Å²) < 4.78 is 2.20. The highest BCUT2D eigenvalue weighted by atomic mass is 127. The molecule has 9 heteroatoms. The van der Waals surface area contributed by atoms with Crippen molar-refractivity contribution in [1.29, 1.82) is 0 Å². The van der Waals surface area contributed by atoms with Crippen molar-refractivity contribution in [2.45, 2.75) is 38.8 Å². The minimum atomic E-state index is -0.920. The number of aliphatic hydroxyl groups is 1. The zero-order chi connectivity index (χ0) is 17.9. The zero-order valence-electron chi connectivity index (χ0n) is 15.4. The van der Waals surface area contributed by atoms with Crippen LogP contribution in [0.15, 0.2) is 21.8 Å². The molecule has 0 saturated carbocycles. The van der Waals surface area contributed by atoms with Gasteiger partial charge in [0.05, 0.1) is 6.54 Å². The second kappa shape index (κ2) is 9.14. The summed E-state index contributed by atoms with van der Waals surface area (Å²) in [6, 6.07) is 1.95. The number of fused-ring (bicyclic) bond motifs is 1. The molecular weight excluding hydrogens is 463 g/mol. The first-order valence-electron chi connectivity index (χ1n) is 8.58. The van der Waals surface area contributed by atoms with Crippen LogP contribution in [0.25, 0.3) is 0 Å².